The summed E-state index contributed by atoms with van der Waals surface area (Å²) >= 11 is 6.75. The average Bonchev–Trinajstić information content (AvgIpc) is 2.72. The molecule has 19 heavy (non-hydrogen) atoms. The van der Waals surface area contributed by atoms with Gasteiger partial charge in [0, 0.05) is 0 Å². The molecule has 0 saturated heterocycles. The molecular formula is C10H6ClF3N2O2S. The van der Waals surface area contributed by atoms with Gasteiger partial charge >= 0.3 is 6.36 Å². The lowest BCUT2D eigenvalue weighted by atomic mass is 10.3. The van der Waals surface area contributed by atoms with Crippen LogP contribution in [0.1, 0.15) is 5.01 Å². The smallest absolute Gasteiger partial charge is 0.486 e. The second-order valence-corrected chi connectivity index (χ2v) is 4.90. The third kappa shape index (κ3) is 4.56. The van der Waals surface area contributed by atoms with E-state index in [0.29, 0.717) is 15.2 Å². The average molecular weight is 311 g/mol. The third-order valence-corrected chi connectivity index (χ3v) is 2.85. The van der Waals surface area contributed by atoms with Crippen LogP contribution in [-0.4, -0.2) is 16.6 Å². The van der Waals surface area contributed by atoms with Gasteiger partial charge in [0.05, 0.1) is 0 Å². The van der Waals surface area contributed by atoms with Gasteiger partial charge in [-0.3, -0.25) is 0 Å². The van der Waals surface area contributed by atoms with E-state index in [1.165, 1.54) is 12.1 Å². The normalized spacial score (nSPS) is 11.4. The minimum atomic E-state index is -4.70. The molecular weight excluding hydrogens is 305 g/mol. The molecule has 0 aliphatic rings. The first-order valence-electron chi connectivity index (χ1n) is 4.89. The predicted octanol–water partition coefficient (Wildman–Crippen LogP) is 3.67. The number of alkyl halides is 3. The first kappa shape index (κ1) is 13.9. The van der Waals surface area contributed by atoms with E-state index in [-0.39, 0.29) is 12.4 Å². The Kier molecular flexibility index (Phi) is 4.11. The minimum absolute atomic E-state index is 0.143. The van der Waals surface area contributed by atoms with Crippen LogP contribution in [0.4, 0.5) is 13.2 Å². The van der Waals surface area contributed by atoms with Gasteiger partial charge in [0.1, 0.15) is 18.1 Å². The van der Waals surface area contributed by atoms with Gasteiger partial charge in [-0.25, -0.2) is 0 Å². The SMILES string of the molecule is FC(F)(F)Oc1ccc(OCc2nnc(Cl)s2)cc1. The van der Waals surface area contributed by atoms with E-state index in [0.717, 1.165) is 23.5 Å². The molecule has 0 radical (unpaired) electrons. The molecule has 0 bridgehead atoms. The largest absolute Gasteiger partial charge is 0.573 e. The Morgan fingerprint density at radius 1 is 1.11 bits per heavy atom. The van der Waals surface area contributed by atoms with E-state index < -0.39 is 6.36 Å². The Labute approximate surface area is 114 Å². The zero-order valence-corrected chi connectivity index (χ0v) is 10.7. The van der Waals surface area contributed by atoms with E-state index in [2.05, 4.69) is 14.9 Å². The first-order valence-corrected chi connectivity index (χ1v) is 6.08. The van der Waals surface area contributed by atoms with Crippen LogP contribution in [0.3, 0.4) is 0 Å². The Morgan fingerprint density at radius 3 is 2.26 bits per heavy atom. The maximum atomic E-state index is 11.9. The lowest BCUT2D eigenvalue weighted by molar-refractivity contribution is -0.274. The van der Waals surface area contributed by atoms with Crippen LogP contribution in [0.2, 0.25) is 4.47 Å². The van der Waals surface area contributed by atoms with Crippen LogP contribution in [0.5, 0.6) is 11.5 Å². The van der Waals surface area contributed by atoms with Gasteiger partial charge in [0.2, 0.25) is 4.47 Å². The van der Waals surface area contributed by atoms with Crippen molar-refractivity contribution >= 4 is 22.9 Å². The molecule has 2 aromatic rings. The number of hydrogen-bond donors (Lipinski definition) is 0. The summed E-state index contributed by atoms with van der Waals surface area (Å²) in [4.78, 5) is 0. The van der Waals surface area contributed by atoms with Crippen LogP contribution in [-0.2, 0) is 6.61 Å². The third-order valence-electron chi connectivity index (χ3n) is 1.86. The zero-order valence-electron chi connectivity index (χ0n) is 9.15. The molecule has 102 valence electrons. The van der Waals surface area contributed by atoms with E-state index in [4.69, 9.17) is 16.3 Å². The summed E-state index contributed by atoms with van der Waals surface area (Å²) in [6.07, 6.45) is -4.70. The van der Waals surface area contributed by atoms with E-state index in [1.54, 1.807) is 0 Å². The van der Waals surface area contributed by atoms with Gasteiger partial charge < -0.3 is 9.47 Å². The highest BCUT2D eigenvalue weighted by atomic mass is 35.5. The lowest BCUT2D eigenvalue weighted by Crippen LogP contribution is -2.16. The summed E-state index contributed by atoms with van der Waals surface area (Å²) in [6, 6.07) is 5.05. The number of aromatic nitrogens is 2. The Hall–Kier alpha value is -1.54. The lowest BCUT2D eigenvalue weighted by Gasteiger charge is -2.09. The Balaban J connectivity index is 1.91. The molecule has 4 nitrogen and oxygen atoms in total. The fraction of sp³-hybridized carbons (Fsp3) is 0.200. The van der Waals surface area contributed by atoms with Gasteiger partial charge in [-0.2, -0.15) is 0 Å². The van der Waals surface area contributed by atoms with Crippen molar-refractivity contribution in [2.24, 2.45) is 0 Å². The summed E-state index contributed by atoms with van der Waals surface area (Å²) in [5.74, 6) is 0.0830. The van der Waals surface area contributed by atoms with E-state index in [9.17, 15) is 13.2 Å². The number of ether oxygens (including phenoxy) is 2. The summed E-state index contributed by atoms with van der Waals surface area (Å²) in [5.41, 5.74) is 0. The van der Waals surface area contributed by atoms with E-state index in [1.807, 2.05) is 0 Å². The minimum Gasteiger partial charge on any atom is -0.486 e. The topological polar surface area (TPSA) is 44.2 Å². The summed E-state index contributed by atoms with van der Waals surface area (Å²) in [7, 11) is 0. The second-order valence-electron chi connectivity index (χ2n) is 3.26. The summed E-state index contributed by atoms with van der Waals surface area (Å²) in [6.45, 7) is 0.143. The van der Waals surface area contributed by atoms with Crippen LogP contribution in [0, 0.1) is 0 Å². The van der Waals surface area contributed by atoms with Crippen molar-refractivity contribution < 1.29 is 22.6 Å². The van der Waals surface area contributed by atoms with Gasteiger partial charge in [0.15, 0.2) is 5.01 Å². The van der Waals surface area contributed by atoms with Crippen molar-refractivity contribution in [3.8, 4) is 11.5 Å². The Bertz CT molecular complexity index is 544. The quantitative estimate of drug-likeness (QED) is 0.864. The molecule has 0 aliphatic carbocycles. The van der Waals surface area contributed by atoms with Gasteiger partial charge in [0.25, 0.3) is 0 Å². The molecule has 0 spiro atoms. The number of halogens is 4. The molecule has 1 aromatic carbocycles. The first-order chi connectivity index (χ1) is 8.92. The fourth-order valence-corrected chi connectivity index (χ4v) is 1.95. The molecule has 2 rings (SSSR count). The molecule has 0 atom stereocenters. The monoisotopic (exact) mass is 310 g/mol. The Morgan fingerprint density at radius 2 is 1.74 bits per heavy atom. The molecule has 9 heteroatoms. The van der Waals surface area contributed by atoms with Crippen molar-refractivity contribution in [1.82, 2.24) is 10.2 Å². The maximum absolute atomic E-state index is 11.9. The molecule has 0 aliphatic heterocycles. The number of rotatable bonds is 4. The molecule has 1 heterocycles. The van der Waals surface area contributed by atoms with Crippen molar-refractivity contribution in [3.63, 3.8) is 0 Å². The molecule has 1 aromatic heterocycles. The number of benzene rings is 1. The molecule has 0 unspecified atom stereocenters. The summed E-state index contributed by atoms with van der Waals surface area (Å²) in [5, 5.41) is 7.90. The molecule has 0 saturated carbocycles. The standard InChI is InChI=1S/C10H6ClF3N2O2S/c11-9-16-15-8(19-9)5-17-6-1-3-7(4-2-6)18-10(12,13)14/h1-4H,5H2. The van der Waals surface area contributed by atoms with Crippen LogP contribution < -0.4 is 9.47 Å². The predicted molar refractivity (Wildman–Crippen MR) is 62.4 cm³/mol. The fourth-order valence-electron chi connectivity index (χ4n) is 1.17. The molecule has 0 fully saturated rings. The highest BCUT2D eigenvalue weighted by Gasteiger charge is 2.30. The highest BCUT2D eigenvalue weighted by Crippen LogP contribution is 2.25. The van der Waals surface area contributed by atoms with Crippen molar-refractivity contribution in [3.05, 3.63) is 33.7 Å². The van der Waals surface area contributed by atoms with Crippen molar-refractivity contribution in [2.45, 2.75) is 13.0 Å². The highest BCUT2D eigenvalue weighted by molar-refractivity contribution is 7.15. The summed E-state index contributed by atoms with van der Waals surface area (Å²) < 4.78 is 45.1. The molecule has 0 amide bonds. The second kappa shape index (κ2) is 5.62. The maximum Gasteiger partial charge on any atom is 0.573 e. The van der Waals surface area contributed by atoms with Crippen LogP contribution >= 0.6 is 22.9 Å². The number of nitrogens with zero attached hydrogens (tertiary/aromatic N) is 2. The van der Waals surface area contributed by atoms with E-state index >= 15 is 0 Å². The molecule has 0 N–H and O–H groups in total. The van der Waals surface area contributed by atoms with Crippen molar-refractivity contribution in [1.29, 1.82) is 0 Å². The van der Waals surface area contributed by atoms with Gasteiger partial charge in [-0.15, -0.1) is 23.4 Å². The van der Waals surface area contributed by atoms with Crippen LogP contribution in [0.25, 0.3) is 0 Å². The van der Waals surface area contributed by atoms with Crippen molar-refractivity contribution in [2.75, 3.05) is 0 Å². The zero-order chi connectivity index (χ0) is 13.9. The van der Waals surface area contributed by atoms with Crippen LogP contribution in [0.15, 0.2) is 24.3 Å². The number of hydrogen-bond acceptors (Lipinski definition) is 5. The van der Waals surface area contributed by atoms with Gasteiger partial charge in [-0.05, 0) is 35.9 Å². The van der Waals surface area contributed by atoms with Gasteiger partial charge in [-0.1, -0.05) is 11.3 Å².